The number of aromatic nitrogens is 3. The van der Waals surface area contributed by atoms with Crippen molar-refractivity contribution in [2.24, 2.45) is 17.3 Å². The van der Waals surface area contributed by atoms with Gasteiger partial charge in [0.2, 0.25) is 11.9 Å². The summed E-state index contributed by atoms with van der Waals surface area (Å²) in [6.45, 7) is 8.79. The number of nitrogens with one attached hydrogen (secondary N) is 1. The lowest BCUT2D eigenvalue weighted by molar-refractivity contribution is -0.151. The standard InChI is InChI=1S/C22H31N5O2/c1-14-7-5-6-8-17(14)24-21-26-18(25-20(23)27-21)13-29-19(28)15-9-11-16(12-10-15)22(2,3)4/h5-8,15-16H,9-13H2,1-4H3,(H3,23,24,25,26,27). The Balaban J connectivity index is 1.57. The van der Waals surface area contributed by atoms with Crippen LogP contribution in [-0.2, 0) is 16.1 Å². The normalized spacial score (nSPS) is 19.6. The minimum absolute atomic E-state index is 0.00674. The number of ether oxygens (including phenoxy) is 1. The van der Waals surface area contributed by atoms with Gasteiger partial charge in [-0.05, 0) is 55.6 Å². The van der Waals surface area contributed by atoms with Gasteiger partial charge < -0.3 is 15.8 Å². The van der Waals surface area contributed by atoms with E-state index in [2.05, 4.69) is 41.0 Å². The Labute approximate surface area is 172 Å². The van der Waals surface area contributed by atoms with Crippen LogP contribution in [0.4, 0.5) is 17.6 Å². The van der Waals surface area contributed by atoms with Crippen LogP contribution in [0, 0.1) is 24.2 Å². The summed E-state index contributed by atoms with van der Waals surface area (Å²) in [7, 11) is 0. The number of nitrogens with two attached hydrogens (primary N) is 1. The largest absolute Gasteiger partial charge is 0.457 e. The average Bonchev–Trinajstić information content (AvgIpc) is 2.67. The third kappa shape index (κ3) is 5.65. The van der Waals surface area contributed by atoms with Crippen molar-refractivity contribution in [3.05, 3.63) is 35.7 Å². The van der Waals surface area contributed by atoms with Gasteiger partial charge in [-0.2, -0.15) is 15.0 Å². The highest BCUT2D eigenvalue weighted by molar-refractivity contribution is 5.72. The van der Waals surface area contributed by atoms with Crippen LogP contribution in [0.2, 0.25) is 0 Å². The van der Waals surface area contributed by atoms with Gasteiger partial charge in [-0.15, -0.1) is 0 Å². The molecule has 7 heteroatoms. The van der Waals surface area contributed by atoms with E-state index >= 15 is 0 Å². The maximum atomic E-state index is 12.5. The number of anilines is 3. The highest BCUT2D eigenvalue weighted by Gasteiger charge is 2.33. The smallest absolute Gasteiger partial charge is 0.309 e. The van der Waals surface area contributed by atoms with Gasteiger partial charge in [0.1, 0.15) is 0 Å². The first-order valence-electron chi connectivity index (χ1n) is 10.2. The number of benzene rings is 1. The lowest BCUT2D eigenvalue weighted by Crippen LogP contribution is -2.29. The summed E-state index contributed by atoms with van der Waals surface area (Å²) in [4.78, 5) is 25.1. The van der Waals surface area contributed by atoms with Crippen LogP contribution in [0.1, 0.15) is 57.8 Å². The molecule has 7 nitrogen and oxygen atoms in total. The van der Waals surface area contributed by atoms with Gasteiger partial charge in [0.25, 0.3) is 0 Å². The molecule has 1 saturated carbocycles. The number of hydrogen-bond acceptors (Lipinski definition) is 7. The minimum atomic E-state index is -0.176. The van der Waals surface area contributed by atoms with Crippen LogP contribution < -0.4 is 11.1 Å². The first-order chi connectivity index (χ1) is 13.7. The van der Waals surface area contributed by atoms with E-state index in [0.29, 0.717) is 17.7 Å². The highest BCUT2D eigenvalue weighted by atomic mass is 16.5. The fraction of sp³-hybridized carbons (Fsp3) is 0.545. The second-order valence-electron chi connectivity index (χ2n) is 8.90. The van der Waals surface area contributed by atoms with Crippen molar-refractivity contribution in [1.29, 1.82) is 0 Å². The summed E-state index contributed by atoms with van der Waals surface area (Å²) in [6.07, 6.45) is 3.87. The molecule has 1 fully saturated rings. The average molecular weight is 398 g/mol. The fourth-order valence-electron chi connectivity index (χ4n) is 3.84. The van der Waals surface area contributed by atoms with Crippen LogP contribution in [0.5, 0.6) is 0 Å². The third-order valence-corrected chi connectivity index (χ3v) is 5.72. The maximum Gasteiger partial charge on any atom is 0.309 e. The molecule has 1 aromatic carbocycles. The summed E-state index contributed by atoms with van der Waals surface area (Å²) in [5.74, 6) is 1.20. The molecule has 0 atom stereocenters. The van der Waals surface area contributed by atoms with E-state index in [1.807, 2.05) is 31.2 Å². The van der Waals surface area contributed by atoms with Gasteiger partial charge >= 0.3 is 5.97 Å². The van der Waals surface area contributed by atoms with Gasteiger partial charge in [-0.25, -0.2) is 0 Å². The number of hydrogen-bond donors (Lipinski definition) is 2. The SMILES string of the molecule is Cc1ccccc1Nc1nc(N)nc(COC(=O)C2CCC(C(C)(C)C)CC2)n1. The number of carbonyl (C=O) groups excluding carboxylic acids is 1. The van der Waals surface area contributed by atoms with E-state index < -0.39 is 0 Å². The van der Waals surface area contributed by atoms with Gasteiger partial charge in [-0.3, -0.25) is 4.79 Å². The van der Waals surface area contributed by atoms with Gasteiger partial charge in [-0.1, -0.05) is 39.0 Å². The molecule has 0 spiro atoms. The minimum Gasteiger partial charge on any atom is -0.457 e. The zero-order valence-electron chi connectivity index (χ0n) is 17.7. The molecule has 156 valence electrons. The highest BCUT2D eigenvalue weighted by Crippen LogP contribution is 2.40. The molecule has 3 rings (SSSR count). The quantitative estimate of drug-likeness (QED) is 0.721. The van der Waals surface area contributed by atoms with Gasteiger partial charge in [0.15, 0.2) is 12.4 Å². The summed E-state index contributed by atoms with van der Waals surface area (Å²) >= 11 is 0. The molecule has 2 aromatic rings. The van der Waals surface area contributed by atoms with Crippen molar-refractivity contribution in [3.8, 4) is 0 Å². The summed E-state index contributed by atoms with van der Waals surface area (Å²) in [6, 6.07) is 7.81. The first-order valence-corrected chi connectivity index (χ1v) is 10.2. The van der Waals surface area contributed by atoms with Gasteiger partial charge in [0, 0.05) is 5.69 Å². The summed E-state index contributed by atoms with van der Waals surface area (Å²) in [5, 5.41) is 3.14. The van der Waals surface area contributed by atoms with Crippen LogP contribution in [0.3, 0.4) is 0 Å². The lowest BCUT2D eigenvalue weighted by Gasteiger charge is -2.36. The van der Waals surface area contributed by atoms with Gasteiger partial charge in [0.05, 0.1) is 5.92 Å². The third-order valence-electron chi connectivity index (χ3n) is 5.72. The Bertz CT molecular complexity index is 855. The molecule has 0 radical (unpaired) electrons. The molecular weight excluding hydrogens is 366 g/mol. The zero-order valence-corrected chi connectivity index (χ0v) is 17.7. The maximum absolute atomic E-state index is 12.5. The van der Waals surface area contributed by atoms with Crippen LogP contribution in [0.25, 0.3) is 0 Å². The van der Waals surface area contributed by atoms with E-state index in [1.54, 1.807) is 0 Å². The molecule has 0 amide bonds. The number of aryl methyl sites for hydroxylation is 1. The van der Waals surface area contributed by atoms with Crippen LogP contribution in [-0.4, -0.2) is 20.9 Å². The molecule has 3 N–H and O–H groups in total. The molecule has 0 bridgehead atoms. The molecule has 0 aliphatic heterocycles. The number of rotatable bonds is 5. The van der Waals surface area contributed by atoms with E-state index in [-0.39, 0.29) is 29.9 Å². The summed E-state index contributed by atoms with van der Waals surface area (Å²) in [5.41, 5.74) is 8.05. The molecule has 1 heterocycles. The van der Waals surface area contributed by atoms with Crippen molar-refractivity contribution < 1.29 is 9.53 Å². The predicted octanol–water partition coefficient (Wildman–Crippen LogP) is 4.40. The number of nitrogen functional groups attached to an aromatic ring is 1. The number of nitrogens with zero attached hydrogens (tertiary/aromatic N) is 3. The molecule has 1 aromatic heterocycles. The second kappa shape index (κ2) is 8.76. The number of para-hydroxylation sites is 1. The fourth-order valence-corrected chi connectivity index (χ4v) is 3.84. The van der Waals surface area contributed by atoms with E-state index in [4.69, 9.17) is 10.5 Å². The van der Waals surface area contributed by atoms with Crippen LogP contribution >= 0.6 is 0 Å². The Morgan fingerprint density at radius 2 is 1.83 bits per heavy atom. The topological polar surface area (TPSA) is 103 Å². The van der Waals surface area contributed by atoms with Crippen molar-refractivity contribution >= 4 is 23.6 Å². The Morgan fingerprint density at radius 1 is 1.14 bits per heavy atom. The molecule has 1 aliphatic carbocycles. The molecule has 0 saturated heterocycles. The van der Waals surface area contributed by atoms with Crippen molar-refractivity contribution in [1.82, 2.24) is 15.0 Å². The zero-order chi connectivity index (χ0) is 21.0. The number of carbonyl (C=O) groups is 1. The first kappa shape index (κ1) is 21.0. The Hall–Kier alpha value is -2.70. The van der Waals surface area contributed by atoms with Crippen molar-refractivity contribution in [2.75, 3.05) is 11.1 Å². The molecule has 29 heavy (non-hydrogen) atoms. The van der Waals surface area contributed by atoms with E-state index in [9.17, 15) is 4.79 Å². The van der Waals surface area contributed by atoms with Crippen LogP contribution in [0.15, 0.2) is 24.3 Å². The van der Waals surface area contributed by atoms with Crippen molar-refractivity contribution in [3.63, 3.8) is 0 Å². The van der Waals surface area contributed by atoms with E-state index in [1.165, 1.54) is 0 Å². The lowest BCUT2D eigenvalue weighted by atomic mass is 9.70. The van der Waals surface area contributed by atoms with E-state index in [0.717, 1.165) is 36.9 Å². The second-order valence-corrected chi connectivity index (χ2v) is 8.90. The monoisotopic (exact) mass is 397 g/mol. The van der Waals surface area contributed by atoms with Crippen molar-refractivity contribution in [2.45, 2.75) is 60.0 Å². The molecular formula is C22H31N5O2. The Morgan fingerprint density at radius 3 is 2.48 bits per heavy atom. The molecule has 0 unspecified atom stereocenters. The Kier molecular flexibility index (Phi) is 6.35. The molecule has 1 aliphatic rings. The number of esters is 1. The summed E-state index contributed by atoms with van der Waals surface area (Å²) < 4.78 is 5.50. The predicted molar refractivity (Wildman–Crippen MR) is 113 cm³/mol.